The molecule has 8 heteroatoms. The number of allylic oxidation sites excluding steroid dienone is 1. The summed E-state index contributed by atoms with van der Waals surface area (Å²) < 4.78 is 4.93. The first-order valence-corrected chi connectivity index (χ1v) is 9.98. The SMILES string of the molecule is COC(=O)C1=C(C)N(c2cccc3ccccc23)C(=O)/C1=C\c1cc([N+](=O)[O-])ccc1Cl. The molecule has 0 bridgehead atoms. The molecule has 0 N–H and O–H groups in total. The number of nitro benzene ring substituents is 1. The number of carbonyl (C=O) groups is 2. The van der Waals surface area contributed by atoms with Gasteiger partial charge in [-0.05, 0) is 30.5 Å². The first kappa shape index (κ1) is 21.3. The normalized spacial score (nSPS) is 15.0. The number of nitro groups is 1. The van der Waals surface area contributed by atoms with E-state index < -0.39 is 16.8 Å². The van der Waals surface area contributed by atoms with E-state index in [1.54, 1.807) is 13.0 Å². The first-order valence-electron chi connectivity index (χ1n) is 9.61. The molecule has 160 valence electrons. The zero-order valence-corrected chi connectivity index (χ0v) is 17.9. The third-order valence-electron chi connectivity index (χ3n) is 5.29. The number of anilines is 1. The van der Waals surface area contributed by atoms with E-state index in [9.17, 15) is 19.7 Å². The van der Waals surface area contributed by atoms with Crippen LogP contribution in [0, 0.1) is 10.1 Å². The lowest BCUT2D eigenvalue weighted by Crippen LogP contribution is -2.24. The Kier molecular flexibility index (Phi) is 5.50. The van der Waals surface area contributed by atoms with E-state index in [4.69, 9.17) is 16.3 Å². The molecular weight excluding hydrogens is 432 g/mol. The lowest BCUT2D eigenvalue weighted by atomic mass is 10.0. The molecule has 1 amide bonds. The number of hydrogen-bond acceptors (Lipinski definition) is 5. The first-order chi connectivity index (χ1) is 15.3. The quantitative estimate of drug-likeness (QED) is 0.234. The summed E-state index contributed by atoms with van der Waals surface area (Å²) in [6.45, 7) is 1.65. The fraction of sp³-hybridized carbons (Fsp3) is 0.0833. The lowest BCUT2D eigenvalue weighted by molar-refractivity contribution is -0.384. The Labute approximate surface area is 188 Å². The Bertz CT molecular complexity index is 1350. The number of fused-ring (bicyclic) bond motifs is 1. The van der Waals surface area contributed by atoms with Gasteiger partial charge in [-0.15, -0.1) is 0 Å². The average Bonchev–Trinajstić information content (AvgIpc) is 3.03. The van der Waals surface area contributed by atoms with Gasteiger partial charge in [-0.2, -0.15) is 0 Å². The van der Waals surface area contributed by atoms with Gasteiger partial charge in [0.25, 0.3) is 11.6 Å². The van der Waals surface area contributed by atoms with E-state index in [1.807, 2.05) is 36.4 Å². The minimum Gasteiger partial charge on any atom is -0.465 e. The van der Waals surface area contributed by atoms with Crippen molar-refractivity contribution in [1.29, 1.82) is 0 Å². The molecule has 0 unspecified atom stereocenters. The van der Waals surface area contributed by atoms with Crippen LogP contribution in [-0.2, 0) is 14.3 Å². The van der Waals surface area contributed by atoms with Gasteiger partial charge in [0.15, 0.2) is 0 Å². The van der Waals surface area contributed by atoms with E-state index in [0.717, 1.165) is 10.8 Å². The Morgan fingerprint density at radius 1 is 1.12 bits per heavy atom. The van der Waals surface area contributed by atoms with Gasteiger partial charge in [0, 0.05) is 33.8 Å². The molecule has 0 radical (unpaired) electrons. The summed E-state index contributed by atoms with van der Waals surface area (Å²) in [5.41, 5.74) is 1.19. The number of ether oxygens (including phenoxy) is 1. The van der Waals surface area contributed by atoms with Crippen molar-refractivity contribution in [2.45, 2.75) is 6.92 Å². The van der Waals surface area contributed by atoms with Gasteiger partial charge in [0.2, 0.25) is 0 Å². The predicted octanol–water partition coefficient (Wildman–Crippen LogP) is 5.28. The summed E-state index contributed by atoms with van der Waals surface area (Å²) in [5, 5.41) is 13.2. The molecule has 1 aliphatic rings. The molecule has 3 aromatic carbocycles. The summed E-state index contributed by atoms with van der Waals surface area (Å²) in [6.07, 6.45) is 1.39. The maximum absolute atomic E-state index is 13.6. The number of halogens is 1. The predicted molar refractivity (Wildman–Crippen MR) is 122 cm³/mol. The molecule has 0 spiro atoms. The van der Waals surface area contributed by atoms with Gasteiger partial charge in [-0.3, -0.25) is 19.8 Å². The molecule has 0 saturated carbocycles. The average molecular weight is 449 g/mol. The van der Waals surface area contributed by atoms with Crippen LogP contribution in [0.15, 0.2) is 77.5 Å². The molecule has 0 fully saturated rings. The second-order valence-corrected chi connectivity index (χ2v) is 7.52. The Hall–Kier alpha value is -3.97. The minimum absolute atomic E-state index is 0.0460. The number of nitrogens with zero attached hydrogens (tertiary/aromatic N) is 2. The molecule has 0 atom stereocenters. The van der Waals surface area contributed by atoms with E-state index in [0.29, 0.717) is 11.4 Å². The summed E-state index contributed by atoms with van der Waals surface area (Å²) in [4.78, 5) is 38.3. The van der Waals surface area contributed by atoms with Crippen molar-refractivity contribution in [2.75, 3.05) is 12.0 Å². The van der Waals surface area contributed by atoms with Crippen LogP contribution in [0.4, 0.5) is 11.4 Å². The van der Waals surface area contributed by atoms with Crippen molar-refractivity contribution in [1.82, 2.24) is 0 Å². The highest BCUT2D eigenvalue weighted by Crippen LogP contribution is 2.39. The third kappa shape index (κ3) is 3.52. The summed E-state index contributed by atoms with van der Waals surface area (Å²) >= 11 is 6.23. The summed E-state index contributed by atoms with van der Waals surface area (Å²) in [7, 11) is 1.23. The smallest absolute Gasteiger partial charge is 0.340 e. The van der Waals surface area contributed by atoms with Crippen LogP contribution in [0.25, 0.3) is 16.8 Å². The van der Waals surface area contributed by atoms with Crippen molar-refractivity contribution in [3.8, 4) is 0 Å². The van der Waals surface area contributed by atoms with E-state index in [-0.39, 0.29) is 27.4 Å². The number of benzene rings is 3. The fourth-order valence-electron chi connectivity index (χ4n) is 3.78. The number of amides is 1. The van der Waals surface area contributed by atoms with Crippen LogP contribution in [0.3, 0.4) is 0 Å². The van der Waals surface area contributed by atoms with E-state index in [1.165, 1.54) is 36.3 Å². The molecular formula is C24H17ClN2O5. The Morgan fingerprint density at radius 3 is 2.56 bits per heavy atom. The van der Waals surface area contributed by atoms with Crippen LogP contribution >= 0.6 is 11.6 Å². The largest absolute Gasteiger partial charge is 0.465 e. The molecule has 1 aliphatic heterocycles. The van der Waals surface area contributed by atoms with Crippen LogP contribution in [-0.4, -0.2) is 23.9 Å². The highest BCUT2D eigenvalue weighted by Gasteiger charge is 2.38. The third-order valence-corrected chi connectivity index (χ3v) is 5.63. The van der Waals surface area contributed by atoms with Crippen molar-refractivity contribution < 1.29 is 19.2 Å². The summed E-state index contributed by atoms with van der Waals surface area (Å²) in [6, 6.07) is 17.0. The second kappa shape index (κ2) is 8.28. The number of esters is 1. The van der Waals surface area contributed by atoms with Gasteiger partial charge in [-0.25, -0.2) is 4.79 Å². The van der Waals surface area contributed by atoms with Crippen LogP contribution < -0.4 is 4.90 Å². The van der Waals surface area contributed by atoms with Gasteiger partial charge < -0.3 is 4.74 Å². The van der Waals surface area contributed by atoms with Crippen molar-refractivity contribution in [3.63, 3.8) is 0 Å². The fourth-order valence-corrected chi connectivity index (χ4v) is 3.96. The molecule has 4 rings (SSSR count). The number of carbonyl (C=O) groups excluding carboxylic acids is 2. The molecule has 7 nitrogen and oxygen atoms in total. The molecule has 1 heterocycles. The van der Waals surface area contributed by atoms with Gasteiger partial charge in [0.1, 0.15) is 0 Å². The minimum atomic E-state index is -0.689. The van der Waals surface area contributed by atoms with Gasteiger partial charge >= 0.3 is 5.97 Å². The van der Waals surface area contributed by atoms with Crippen LogP contribution in [0.5, 0.6) is 0 Å². The summed E-state index contributed by atoms with van der Waals surface area (Å²) in [5.74, 6) is -1.15. The van der Waals surface area contributed by atoms with Crippen molar-refractivity contribution in [3.05, 3.63) is 98.2 Å². The Balaban J connectivity index is 1.93. The van der Waals surface area contributed by atoms with E-state index in [2.05, 4.69) is 0 Å². The Morgan fingerprint density at radius 2 is 1.84 bits per heavy atom. The van der Waals surface area contributed by atoms with Crippen LogP contribution in [0.2, 0.25) is 5.02 Å². The second-order valence-electron chi connectivity index (χ2n) is 7.11. The molecule has 0 saturated heterocycles. The van der Waals surface area contributed by atoms with Crippen molar-refractivity contribution >= 4 is 51.7 Å². The number of hydrogen-bond donors (Lipinski definition) is 0. The molecule has 0 aliphatic carbocycles. The number of rotatable bonds is 4. The highest BCUT2D eigenvalue weighted by atomic mass is 35.5. The standard InChI is InChI=1S/C24H17ClN2O5/c1-14-22(24(29)32-2)19(13-16-12-17(27(30)31)10-11-20(16)25)23(28)26(14)21-9-5-7-15-6-3-4-8-18(15)21/h3-13H,1-2H3/b19-13-. The molecule has 32 heavy (non-hydrogen) atoms. The topological polar surface area (TPSA) is 89.8 Å². The van der Waals surface area contributed by atoms with Gasteiger partial charge in [-0.1, -0.05) is 48.0 Å². The van der Waals surface area contributed by atoms with Gasteiger partial charge in [0.05, 0.1) is 28.9 Å². The monoisotopic (exact) mass is 448 g/mol. The maximum Gasteiger partial charge on any atom is 0.340 e. The number of non-ortho nitro benzene ring substituents is 1. The molecule has 3 aromatic rings. The lowest BCUT2D eigenvalue weighted by Gasteiger charge is -2.20. The van der Waals surface area contributed by atoms with Crippen molar-refractivity contribution in [2.24, 2.45) is 0 Å². The zero-order chi connectivity index (χ0) is 23.0. The zero-order valence-electron chi connectivity index (χ0n) is 17.2. The van der Waals surface area contributed by atoms with Crippen LogP contribution in [0.1, 0.15) is 12.5 Å². The number of methoxy groups -OCH3 is 1. The highest BCUT2D eigenvalue weighted by molar-refractivity contribution is 6.33. The maximum atomic E-state index is 13.6. The van der Waals surface area contributed by atoms with E-state index >= 15 is 0 Å². The molecule has 0 aromatic heterocycles.